The van der Waals surface area contributed by atoms with Crippen LogP contribution in [0.4, 0.5) is 0 Å². The van der Waals surface area contributed by atoms with Crippen molar-refractivity contribution in [3.63, 3.8) is 0 Å². The fourth-order valence-electron chi connectivity index (χ4n) is 1.96. The molecule has 0 aliphatic heterocycles. The first kappa shape index (κ1) is 23.1. The van der Waals surface area contributed by atoms with Crippen molar-refractivity contribution in [2.24, 2.45) is 10.9 Å². The molecule has 0 fully saturated rings. The molecule has 0 radical (unpaired) electrons. The van der Waals surface area contributed by atoms with E-state index in [2.05, 4.69) is 45.4 Å². The fraction of sp³-hybridized carbons (Fsp3) is 0.625. The maximum absolute atomic E-state index is 11.6. The van der Waals surface area contributed by atoms with Crippen LogP contribution in [0.5, 0.6) is 0 Å². The number of hydrogen-bond acceptors (Lipinski definition) is 4. The third-order valence-electron chi connectivity index (χ3n) is 3.10. The zero-order valence-corrected chi connectivity index (χ0v) is 17.8. The number of thiophene rings is 1. The lowest BCUT2D eigenvalue weighted by Crippen LogP contribution is -2.40. The van der Waals surface area contributed by atoms with E-state index in [1.165, 1.54) is 4.88 Å². The van der Waals surface area contributed by atoms with Crippen molar-refractivity contribution in [1.29, 1.82) is 0 Å². The third kappa shape index (κ3) is 10.8. The van der Waals surface area contributed by atoms with Gasteiger partial charge in [-0.1, -0.05) is 13.0 Å². The van der Waals surface area contributed by atoms with E-state index in [9.17, 15) is 4.79 Å². The minimum Gasteiger partial charge on any atom is -0.383 e. The number of rotatable bonds is 10. The lowest BCUT2D eigenvalue weighted by atomic mass is 10.1. The molecule has 1 heterocycles. The van der Waals surface area contributed by atoms with Gasteiger partial charge >= 0.3 is 0 Å². The van der Waals surface area contributed by atoms with Gasteiger partial charge in [0, 0.05) is 31.6 Å². The first-order valence-corrected chi connectivity index (χ1v) is 8.83. The van der Waals surface area contributed by atoms with Crippen molar-refractivity contribution in [2.45, 2.75) is 20.3 Å². The molecule has 1 rings (SSSR count). The van der Waals surface area contributed by atoms with Crippen LogP contribution in [-0.4, -0.2) is 51.8 Å². The number of guanidine groups is 1. The highest BCUT2D eigenvalue weighted by Crippen LogP contribution is 2.13. The molecule has 1 amide bonds. The predicted octanol–water partition coefficient (Wildman–Crippen LogP) is 1.86. The van der Waals surface area contributed by atoms with Crippen LogP contribution in [0.2, 0.25) is 0 Å². The summed E-state index contributed by atoms with van der Waals surface area (Å²) in [5.74, 6) is 1.06. The van der Waals surface area contributed by atoms with Gasteiger partial charge in [-0.3, -0.25) is 4.79 Å². The Morgan fingerprint density at radius 2 is 2.17 bits per heavy atom. The number of halogens is 1. The van der Waals surface area contributed by atoms with E-state index < -0.39 is 0 Å². The second kappa shape index (κ2) is 14.5. The second-order valence-corrected chi connectivity index (χ2v) is 6.34. The molecule has 1 atom stereocenters. The van der Waals surface area contributed by atoms with E-state index in [0.29, 0.717) is 25.0 Å². The number of carbonyl (C=O) groups is 1. The Bertz CT molecular complexity index is 469. The topological polar surface area (TPSA) is 74.8 Å². The molecular weight excluding hydrogens is 439 g/mol. The van der Waals surface area contributed by atoms with Crippen molar-refractivity contribution < 1.29 is 9.53 Å². The van der Waals surface area contributed by atoms with E-state index >= 15 is 0 Å². The molecule has 1 aromatic rings. The van der Waals surface area contributed by atoms with Gasteiger partial charge in [0.2, 0.25) is 5.91 Å². The summed E-state index contributed by atoms with van der Waals surface area (Å²) >= 11 is 1.78. The average molecular weight is 468 g/mol. The van der Waals surface area contributed by atoms with Gasteiger partial charge in [-0.05, 0) is 30.7 Å². The molecule has 1 aromatic heterocycles. The van der Waals surface area contributed by atoms with Crippen LogP contribution in [0.1, 0.15) is 18.7 Å². The Balaban J connectivity index is 0.00000529. The number of nitrogens with zero attached hydrogens (tertiary/aromatic N) is 1. The minimum absolute atomic E-state index is 0. The Kier molecular flexibility index (Phi) is 13.9. The summed E-state index contributed by atoms with van der Waals surface area (Å²) < 4.78 is 4.89. The first-order chi connectivity index (χ1) is 11.2. The predicted molar refractivity (Wildman–Crippen MR) is 111 cm³/mol. The SMILES string of the molecule is CCNC(=NCC(=O)NCCOC)NCC(C)Cc1cccs1.I. The monoisotopic (exact) mass is 468 g/mol. The molecule has 3 N–H and O–H groups in total. The number of amides is 1. The molecule has 1 unspecified atom stereocenters. The van der Waals surface area contributed by atoms with Gasteiger partial charge in [0.05, 0.1) is 6.61 Å². The average Bonchev–Trinajstić information content (AvgIpc) is 3.03. The van der Waals surface area contributed by atoms with Crippen molar-refractivity contribution in [1.82, 2.24) is 16.0 Å². The smallest absolute Gasteiger partial charge is 0.241 e. The van der Waals surface area contributed by atoms with E-state index in [1.54, 1.807) is 18.4 Å². The summed E-state index contributed by atoms with van der Waals surface area (Å²) in [6.45, 7) is 6.91. The number of methoxy groups -OCH3 is 1. The number of aliphatic imine (C=N–C) groups is 1. The largest absolute Gasteiger partial charge is 0.383 e. The molecular formula is C16H29IN4O2S. The lowest BCUT2D eigenvalue weighted by molar-refractivity contribution is -0.119. The maximum atomic E-state index is 11.6. The van der Waals surface area contributed by atoms with Crippen LogP contribution in [0.3, 0.4) is 0 Å². The Morgan fingerprint density at radius 3 is 2.79 bits per heavy atom. The molecule has 0 saturated heterocycles. The third-order valence-corrected chi connectivity index (χ3v) is 4.00. The normalized spacial score (nSPS) is 12.2. The molecule has 0 aromatic carbocycles. The minimum atomic E-state index is -0.106. The summed E-state index contributed by atoms with van der Waals surface area (Å²) in [4.78, 5) is 17.3. The quantitative estimate of drug-likeness (QED) is 0.212. The van der Waals surface area contributed by atoms with E-state index in [4.69, 9.17) is 4.74 Å². The zero-order chi connectivity index (χ0) is 16.9. The van der Waals surface area contributed by atoms with Crippen molar-refractivity contribution in [3.8, 4) is 0 Å². The summed E-state index contributed by atoms with van der Waals surface area (Å²) in [5, 5.41) is 11.3. The van der Waals surface area contributed by atoms with Gasteiger partial charge in [0.25, 0.3) is 0 Å². The van der Waals surface area contributed by atoms with Crippen LogP contribution in [0.15, 0.2) is 22.5 Å². The molecule has 24 heavy (non-hydrogen) atoms. The zero-order valence-electron chi connectivity index (χ0n) is 14.6. The molecule has 0 aliphatic carbocycles. The lowest BCUT2D eigenvalue weighted by Gasteiger charge is -2.15. The molecule has 0 bridgehead atoms. The van der Waals surface area contributed by atoms with Crippen LogP contribution < -0.4 is 16.0 Å². The number of carbonyl (C=O) groups excluding carboxylic acids is 1. The molecule has 0 spiro atoms. The van der Waals surface area contributed by atoms with E-state index in [1.807, 2.05) is 6.92 Å². The molecule has 0 saturated carbocycles. The number of ether oxygens (including phenoxy) is 1. The highest BCUT2D eigenvalue weighted by Gasteiger charge is 2.07. The van der Waals surface area contributed by atoms with Gasteiger partial charge in [-0.15, -0.1) is 35.3 Å². The van der Waals surface area contributed by atoms with Gasteiger partial charge in [0.1, 0.15) is 6.54 Å². The molecule has 8 heteroatoms. The van der Waals surface area contributed by atoms with Crippen molar-refractivity contribution in [3.05, 3.63) is 22.4 Å². The summed E-state index contributed by atoms with van der Waals surface area (Å²) in [6, 6.07) is 4.23. The van der Waals surface area contributed by atoms with Crippen molar-refractivity contribution >= 4 is 47.2 Å². The molecule has 6 nitrogen and oxygen atoms in total. The van der Waals surface area contributed by atoms with Crippen LogP contribution >= 0.6 is 35.3 Å². The molecule has 138 valence electrons. The van der Waals surface area contributed by atoms with Gasteiger partial charge in [0.15, 0.2) is 5.96 Å². The van der Waals surface area contributed by atoms with Gasteiger partial charge in [-0.2, -0.15) is 0 Å². The summed E-state index contributed by atoms with van der Waals surface area (Å²) in [7, 11) is 1.61. The Morgan fingerprint density at radius 1 is 1.38 bits per heavy atom. The summed E-state index contributed by atoms with van der Waals surface area (Å²) in [5.41, 5.74) is 0. The van der Waals surface area contributed by atoms with Crippen molar-refractivity contribution in [2.75, 3.05) is 39.9 Å². The van der Waals surface area contributed by atoms with Crippen LogP contribution in [-0.2, 0) is 16.0 Å². The number of hydrogen-bond donors (Lipinski definition) is 3. The summed E-state index contributed by atoms with van der Waals surface area (Å²) in [6.07, 6.45) is 1.04. The van der Waals surface area contributed by atoms with Gasteiger partial charge < -0.3 is 20.7 Å². The second-order valence-electron chi connectivity index (χ2n) is 5.31. The Labute approximate surface area is 165 Å². The Hall–Kier alpha value is -0.870. The number of nitrogens with one attached hydrogen (secondary N) is 3. The van der Waals surface area contributed by atoms with E-state index in [-0.39, 0.29) is 36.4 Å². The maximum Gasteiger partial charge on any atom is 0.241 e. The van der Waals surface area contributed by atoms with Crippen LogP contribution in [0, 0.1) is 5.92 Å². The van der Waals surface area contributed by atoms with E-state index in [0.717, 1.165) is 19.5 Å². The standard InChI is InChI=1S/C16H28N4O2S.HI/c1-4-17-16(20-12-15(21)18-7-8-22-3)19-11-13(2)10-14-6-5-9-23-14;/h5-6,9,13H,4,7-8,10-12H2,1-3H3,(H,18,21)(H2,17,19,20);1H. The molecule has 0 aliphatic rings. The first-order valence-electron chi connectivity index (χ1n) is 7.95. The fourth-order valence-corrected chi connectivity index (χ4v) is 2.83. The highest BCUT2D eigenvalue weighted by molar-refractivity contribution is 14.0. The highest BCUT2D eigenvalue weighted by atomic mass is 127. The van der Waals surface area contributed by atoms with Gasteiger partial charge in [-0.25, -0.2) is 4.99 Å². The van der Waals surface area contributed by atoms with Crippen LogP contribution in [0.25, 0.3) is 0 Å².